The van der Waals surface area contributed by atoms with Crippen molar-refractivity contribution in [2.45, 2.75) is 26.2 Å². The summed E-state index contributed by atoms with van der Waals surface area (Å²) in [6.45, 7) is 4.53. The van der Waals surface area contributed by atoms with Crippen molar-refractivity contribution in [3.8, 4) is 0 Å². The van der Waals surface area contributed by atoms with Crippen LogP contribution in [0, 0.1) is 0 Å². The Balaban J connectivity index is 0.000000385. The summed E-state index contributed by atoms with van der Waals surface area (Å²) in [5.74, 6) is 0. The van der Waals surface area contributed by atoms with E-state index in [0.717, 1.165) is 6.67 Å². The van der Waals surface area contributed by atoms with Crippen molar-refractivity contribution in [1.82, 2.24) is 9.80 Å². The molecule has 0 bridgehead atoms. The van der Waals surface area contributed by atoms with Gasteiger partial charge in [0.25, 0.3) is 0 Å². The monoisotopic (exact) mass is 252 g/mol. The molecule has 0 fully saturated rings. The number of phosphoric acid groups is 1. The third kappa shape index (κ3) is 11.5. The molecule has 0 radical (unpaired) electrons. The molecule has 0 aromatic heterocycles. The predicted octanol–water partition coefficient (Wildman–Crippen LogP) is 0.924. The highest BCUT2D eigenvalue weighted by atomic mass is 31.2. The molecular formula is C9H21N2O4P. The fourth-order valence-corrected chi connectivity index (χ4v) is 1.30. The van der Waals surface area contributed by atoms with Gasteiger partial charge in [0.2, 0.25) is 0 Å². The smallest absolute Gasteiger partial charge is 0.362 e. The second-order valence-corrected chi connectivity index (χ2v) is 4.76. The maximum absolute atomic E-state index is 8.88. The van der Waals surface area contributed by atoms with Crippen LogP contribution in [-0.4, -0.2) is 44.7 Å². The van der Waals surface area contributed by atoms with Crippen LogP contribution in [-0.2, 0) is 4.57 Å². The maximum Gasteiger partial charge on any atom is 0.466 e. The summed E-state index contributed by atoms with van der Waals surface area (Å²) in [7, 11) is -2.53. The average Bonchev–Trinajstić information content (AvgIpc) is 2.49. The van der Waals surface area contributed by atoms with Crippen molar-refractivity contribution in [3.63, 3.8) is 0 Å². The zero-order chi connectivity index (χ0) is 12.6. The normalized spacial score (nSPS) is 15.1. The molecule has 0 aliphatic carbocycles. The molecule has 3 N–H and O–H groups in total. The number of hydrogen-bond donors (Lipinski definition) is 3. The summed E-state index contributed by atoms with van der Waals surface area (Å²) in [5, 5.41) is 0. The molecule has 16 heavy (non-hydrogen) atoms. The van der Waals surface area contributed by atoms with Crippen LogP contribution in [0.2, 0.25) is 0 Å². The zero-order valence-corrected chi connectivity index (χ0v) is 10.7. The molecule has 1 aliphatic heterocycles. The van der Waals surface area contributed by atoms with E-state index in [2.05, 4.69) is 36.2 Å². The van der Waals surface area contributed by atoms with Gasteiger partial charge < -0.3 is 24.5 Å². The molecule has 1 heterocycles. The molecule has 0 aromatic rings. The molecule has 1 rings (SSSR count). The van der Waals surface area contributed by atoms with E-state index in [4.69, 9.17) is 19.2 Å². The maximum atomic E-state index is 8.88. The quantitative estimate of drug-likeness (QED) is 0.510. The Hall–Kier alpha value is -0.550. The largest absolute Gasteiger partial charge is 0.466 e. The first-order valence-electron chi connectivity index (χ1n) is 5.24. The lowest BCUT2D eigenvalue weighted by Crippen LogP contribution is -2.23. The molecule has 1 aliphatic rings. The van der Waals surface area contributed by atoms with Crippen LogP contribution in [0.4, 0.5) is 0 Å². The molecule has 0 spiro atoms. The molecule has 7 heteroatoms. The summed E-state index contributed by atoms with van der Waals surface area (Å²) in [6.07, 6.45) is 8.30. The van der Waals surface area contributed by atoms with Crippen LogP contribution in [0.25, 0.3) is 0 Å². The van der Waals surface area contributed by atoms with Gasteiger partial charge in [-0.3, -0.25) is 0 Å². The van der Waals surface area contributed by atoms with Gasteiger partial charge in [-0.05, 0) is 6.42 Å². The SMILES string of the molecule is CCCCCN1C=CN(C)C1.O=P(O)(O)O. The molecule has 0 unspecified atom stereocenters. The van der Waals surface area contributed by atoms with Gasteiger partial charge in [0, 0.05) is 26.0 Å². The van der Waals surface area contributed by atoms with Crippen molar-refractivity contribution in [3.05, 3.63) is 12.4 Å². The minimum Gasteiger partial charge on any atom is -0.362 e. The van der Waals surface area contributed by atoms with Crippen molar-refractivity contribution in [2.24, 2.45) is 0 Å². The van der Waals surface area contributed by atoms with E-state index < -0.39 is 7.82 Å². The first kappa shape index (κ1) is 15.4. The summed E-state index contributed by atoms with van der Waals surface area (Å²) in [5.41, 5.74) is 0. The first-order valence-corrected chi connectivity index (χ1v) is 6.80. The molecule has 0 aromatic carbocycles. The Kier molecular flexibility index (Phi) is 7.42. The number of nitrogens with zero attached hydrogens (tertiary/aromatic N) is 2. The third-order valence-corrected chi connectivity index (χ3v) is 1.99. The fraction of sp³-hybridized carbons (Fsp3) is 0.778. The second-order valence-electron chi connectivity index (χ2n) is 3.73. The van der Waals surface area contributed by atoms with Gasteiger partial charge in [0.05, 0.1) is 6.67 Å². The molecular weight excluding hydrogens is 231 g/mol. The van der Waals surface area contributed by atoms with E-state index in [1.807, 2.05) is 0 Å². The Morgan fingerprint density at radius 2 is 1.81 bits per heavy atom. The standard InChI is InChI=1S/C9H18N2.H3O4P/c1-3-4-5-6-11-8-7-10(2)9-11;1-5(2,3)4/h7-8H,3-6,9H2,1-2H3;(H3,1,2,3,4). The molecule has 6 nitrogen and oxygen atoms in total. The highest BCUT2D eigenvalue weighted by Gasteiger charge is 2.06. The van der Waals surface area contributed by atoms with E-state index >= 15 is 0 Å². The molecule has 0 atom stereocenters. The highest BCUT2D eigenvalue weighted by Crippen LogP contribution is 2.25. The topological polar surface area (TPSA) is 84.2 Å². The van der Waals surface area contributed by atoms with Gasteiger partial charge in [-0.1, -0.05) is 19.8 Å². The number of hydrogen-bond acceptors (Lipinski definition) is 3. The Bertz CT molecular complexity index is 246. The first-order chi connectivity index (χ1) is 7.33. The van der Waals surface area contributed by atoms with Gasteiger partial charge in [-0.15, -0.1) is 0 Å². The summed E-state index contributed by atoms with van der Waals surface area (Å²) >= 11 is 0. The minimum atomic E-state index is -4.64. The lowest BCUT2D eigenvalue weighted by atomic mass is 10.2. The summed E-state index contributed by atoms with van der Waals surface area (Å²) in [4.78, 5) is 26.1. The highest BCUT2D eigenvalue weighted by molar-refractivity contribution is 7.45. The Labute approximate surface area is 96.4 Å². The van der Waals surface area contributed by atoms with Gasteiger partial charge >= 0.3 is 7.82 Å². The van der Waals surface area contributed by atoms with Gasteiger partial charge in [0.15, 0.2) is 0 Å². The van der Waals surface area contributed by atoms with Gasteiger partial charge in [-0.25, -0.2) is 4.57 Å². The van der Waals surface area contributed by atoms with E-state index in [0.29, 0.717) is 0 Å². The van der Waals surface area contributed by atoms with E-state index in [1.54, 1.807) is 0 Å². The molecule has 0 saturated carbocycles. The van der Waals surface area contributed by atoms with E-state index in [1.165, 1.54) is 25.8 Å². The van der Waals surface area contributed by atoms with Crippen molar-refractivity contribution < 1.29 is 19.2 Å². The molecule has 96 valence electrons. The van der Waals surface area contributed by atoms with Crippen LogP contribution in [0.15, 0.2) is 12.4 Å². The van der Waals surface area contributed by atoms with Crippen LogP contribution in [0.1, 0.15) is 26.2 Å². The summed E-state index contributed by atoms with van der Waals surface area (Å²) in [6, 6.07) is 0. The van der Waals surface area contributed by atoms with E-state index in [9.17, 15) is 0 Å². The van der Waals surface area contributed by atoms with Crippen molar-refractivity contribution >= 4 is 7.82 Å². The van der Waals surface area contributed by atoms with Crippen molar-refractivity contribution in [1.29, 1.82) is 0 Å². The third-order valence-electron chi connectivity index (χ3n) is 1.99. The lowest BCUT2D eigenvalue weighted by molar-refractivity contribution is 0.275. The Morgan fingerprint density at radius 1 is 1.25 bits per heavy atom. The Morgan fingerprint density at radius 3 is 2.19 bits per heavy atom. The predicted molar refractivity (Wildman–Crippen MR) is 62.3 cm³/mol. The minimum absolute atomic E-state index is 1.07. The zero-order valence-electron chi connectivity index (χ0n) is 9.78. The molecule has 0 saturated heterocycles. The van der Waals surface area contributed by atoms with Crippen LogP contribution in [0.5, 0.6) is 0 Å². The second kappa shape index (κ2) is 7.68. The summed E-state index contributed by atoms with van der Waals surface area (Å²) < 4.78 is 8.88. The van der Waals surface area contributed by atoms with Gasteiger partial charge in [0.1, 0.15) is 0 Å². The number of unbranched alkanes of at least 4 members (excludes halogenated alkanes) is 2. The molecule has 0 amide bonds. The van der Waals surface area contributed by atoms with Gasteiger partial charge in [-0.2, -0.15) is 0 Å². The van der Waals surface area contributed by atoms with Crippen LogP contribution in [0.3, 0.4) is 0 Å². The lowest BCUT2D eigenvalue weighted by Gasteiger charge is -2.17. The van der Waals surface area contributed by atoms with Crippen LogP contribution >= 0.6 is 7.82 Å². The average molecular weight is 252 g/mol. The van der Waals surface area contributed by atoms with E-state index in [-0.39, 0.29) is 0 Å². The van der Waals surface area contributed by atoms with Crippen molar-refractivity contribution in [2.75, 3.05) is 20.3 Å². The number of rotatable bonds is 4. The van der Waals surface area contributed by atoms with Crippen LogP contribution < -0.4 is 0 Å². The fourth-order valence-electron chi connectivity index (χ4n) is 1.30.